The van der Waals surface area contributed by atoms with Gasteiger partial charge < -0.3 is 9.80 Å². The maximum absolute atomic E-state index is 12.7. The van der Waals surface area contributed by atoms with Crippen molar-refractivity contribution in [1.82, 2.24) is 9.97 Å². The van der Waals surface area contributed by atoms with Crippen LogP contribution in [0.1, 0.15) is 0 Å². The number of aromatic nitrogens is 2. The Morgan fingerprint density at radius 2 is 1.62 bits per heavy atom. The van der Waals surface area contributed by atoms with E-state index in [4.69, 9.17) is 4.98 Å². The van der Waals surface area contributed by atoms with Crippen LogP contribution in [0.15, 0.2) is 69.2 Å². The molecular weight excluding hydrogens is 448 g/mol. The van der Waals surface area contributed by atoms with Gasteiger partial charge in [0.15, 0.2) is 0 Å². The molecule has 29 heavy (non-hydrogen) atoms. The summed E-state index contributed by atoms with van der Waals surface area (Å²) in [5.41, 5.74) is 4.02. The van der Waals surface area contributed by atoms with E-state index in [1.807, 2.05) is 35.7 Å². The molecule has 3 heterocycles. The average Bonchev–Trinajstić information content (AvgIpc) is 3.20. The molecule has 0 saturated carbocycles. The number of nitrogens with zero attached hydrogens (tertiary/aromatic N) is 3. The van der Waals surface area contributed by atoms with Gasteiger partial charge in [-0.1, -0.05) is 46.3 Å². The van der Waals surface area contributed by atoms with Crippen LogP contribution in [-0.4, -0.2) is 36.1 Å². The van der Waals surface area contributed by atoms with Gasteiger partial charge >= 0.3 is 0 Å². The molecule has 0 radical (unpaired) electrons. The summed E-state index contributed by atoms with van der Waals surface area (Å²) in [6.45, 7) is 3.44. The molecule has 1 aliphatic rings. The molecule has 0 amide bonds. The van der Waals surface area contributed by atoms with E-state index in [0.717, 1.165) is 47.3 Å². The number of H-pyrrole nitrogens is 1. The summed E-state index contributed by atoms with van der Waals surface area (Å²) in [5, 5.41) is 2.02. The van der Waals surface area contributed by atoms with Crippen LogP contribution in [0.3, 0.4) is 0 Å². The van der Waals surface area contributed by atoms with E-state index in [1.165, 1.54) is 17.0 Å². The summed E-state index contributed by atoms with van der Waals surface area (Å²) < 4.78 is 1.71. The first-order valence-corrected chi connectivity index (χ1v) is 11.2. The summed E-state index contributed by atoms with van der Waals surface area (Å²) in [4.78, 5) is 25.1. The largest absolute Gasteiger partial charge is 0.368 e. The molecule has 1 fully saturated rings. The van der Waals surface area contributed by atoms with Gasteiger partial charge in [0.2, 0.25) is 5.95 Å². The third kappa shape index (κ3) is 3.56. The van der Waals surface area contributed by atoms with Crippen LogP contribution in [0.2, 0.25) is 0 Å². The van der Waals surface area contributed by atoms with E-state index < -0.39 is 0 Å². The van der Waals surface area contributed by atoms with Crippen LogP contribution >= 0.6 is 27.3 Å². The molecule has 2 aromatic heterocycles. The molecule has 0 aliphatic carbocycles. The molecule has 7 heteroatoms. The third-order valence-corrected chi connectivity index (χ3v) is 6.77. The Balaban J connectivity index is 1.45. The number of rotatable bonds is 3. The van der Waals surface area contributed by atoms with Crippen molar-refractivity contribution in [2.45, 2.75) is 0 Å². The topological polar surface area (TPSA) is 52.2 Å². The number of anilines is 2. The van der Waals surface area contributed by atoms with Crippen LogP contribution < -0.4 is 15.4 Å². The van der Waals surface area contributed by atoms with Gasteiger partial charge in [0, 0.05) is 47.3 Å². The number of para-hydroxylation sites is 1. The molecule has 0 spiro atoms. The highest BCUT2D eigenvalue weighted by molar-refractivity contribution is 9.10. The lowest BCUT2D eigenvalue weighted by Gasteiger charge is -2.36. The van der Waals surface area contributed by atoms with Crippen molar-refractivity contribution < 1.29 is 0 Å². The van der Waals surface area contributed by atoms with Gasteiger partial charge in [0.05, 0.1) is 5.52 Å². The fourth-order valence-corrected chi connectivity index (χ4v) is 4.89. The minimum Gasteiger partial charge on any atom is -0.368 e. The van der Waals surface area contributed by atoms with Crippen molar-refractivity contribution >= 4 is 49.1 Å². The number of nitrogens with one attached hydrogen (secondary N) is 1. The van der Waals surface area contributed by atoms with E-state index in [0.29, 0.717) is 10.6 Å². The van der Waals surface area contributed by atoms with Crippen LogP contribution in [0.25, 0.3) is 21.3 Å². The summed E-state index contributed by atoms with van der Waals surface area (Å²) >= 11 is 4.92. The van der Waals surface area contributed by atoms with Crippen molar-refractivity contribution in [3.05, 3.63) is 74.8 Å². The minimum absolute atomic E-state index is 0.0659. The molecule has 2 aromatic carbocycles. The fraction of sp³-hybridized carbons (Fsp3) is 0.182. The van der Waals surface area contributed by atoms with Gasteiger partial charge in [0.1, 0.15) is 4.70 Å². The Hall–Kier alpha value is -2.64. The Bertz CT molecular complexity index is 1200. The lowest BCUT2D eigenvalue weighted by atomic mass is 10.1. The zero-order valence-corrected chi connectivity index (χ0v) is 18.0. The fourth-order valence-electron chi connectivity index (χ4n) is 3.72. The summed E-state index contributed by atoms with van der Waals surface area (Å²) in [5.74, 6) is 0.659. The second-order valence-corrected chi connectivity index (χ2v) is 8.83. The molecule has 0 bridgehead atoms. The first-order chi connectivity index (χ1) is 14.2. The Kier molecular flexibility index (Phi) is 4.85. The number of fused-ring (bicyclic) bond motifs is 1. The molecule has 0 unspecified atom stereocenters. The number of aromatic amines is 1. The first-order valence-electron chi connectivity index (χ1n) is 9.51. The second kappa shape index (κ2) is 7.65. The Morgan fingerprint density at radius 1 is 0.931 bits per heavy atom. The van der Waals surface area contributed by atoms with Crippen LogP contribution in [-0.2, 0) is 0 Å². The standard InChI is InChI=1S/C22H19BrN4OS/c23-16-8-6-15(7-9-16)18-14-29-20-19(18)24-22(25-21(20)28)27-12-10-26(11-13-27)17-4-2-1-3-5-17/h1-9,14H,10-13H2,(H,24,25,28). The highest BCUT2D eigenvalue weighted by Gasteiger charge is 2.21. The maximum Gasteiger partial charge on any atom is 0.270 e. The number of piperazine rings is 1. The number of benzene rings is 2. The Morgan fingerprint density at radius 3 is 2.34 bits per heavy atom. The van der Waals surface area contributed by atoms with Gasteiger partial charge in [-0.2, -0.15) is 0 Å². The van der Waals surface area contributed by atoms with Gasteiger partial charge in [0.25, 0.3) is 5.56 Å². The maximum atomic E-state index is 12.7. The van der Waals surface area contributed by atoms with E-state index in [1.54, 1.807) is 0 Å². The van der Waals surface area contributed by atoms with E-state index in [-0.39, 0.29) is 5.56 Å². The van der Waals surface area contributed by atoms with Crippen molar-refractivity contribution in [3.8, 4) is 11.1 Å². The molecule has 146 valence electrons. The summed E-state index contributed by atoms with van der Waals surface area (Å²) in [6, 6.07) is 18.6. The molecule has 1 N–H and O–H groups in total. The predicted octanol–water partition coefficient (Wildman–Crippen LogP) is 4.74. The predicted molar refractivity (Wildman–Crippen MR) is 124 cm³/mol. The zero-order chi connectivity index (χ0) is 19.8. The highest BCUT2D eigenvalue weighted by Crippen LogP contribution is 2.32. The smallest absolute Gasteiger partial charge is 0.270 e. The third-order valence-electron chi connectivity index (χ3n) is 5.27. The van der Waals surface area contributed by atoms with Crippen molar-refractivity contribution in [2.24, 2.45) is 0 Å². The molecule has 5 nitrogen and oxygen atoms in total. The van der Waals surface area contributed by atoms with E-state index >= 15 is 0 Å². The van der Waals surface area contributed by atoms with E-state index in [9.17, 15) is 4.79 Å². The average molecular weight is 467 g/mol. The minimum atomic E-state index is -0.0659. The number of thiophene rings is 1. The Labute approximate surface area is 180 Å². The monoisotopic (exact) mass is 466 g/mol. The van der Waals surface area contributed by atoms with Crippen molar-refractivity contribution in [1.29, 1.82) is 0 Å². The van der Waals surface area contributed by atoms with Gasteiger partial charge in [-0.15, -0.1) is 11.3 Å². The number of hydrogen-bond acceptors (Lipinski definition) is 5. The van der Waals surface area contributed by atoms with Crippen molar-refractivity contribution in [3.63, 3.8) is 0 Å². The molecule has 0 atom stereocenters. The molecule has 5 rings (SSSR count). The molecule has 4 aromatic rings. The van der Waals surface area contributed by atoms with E-state index in [2.05, 4.69) is 55.0 Å². The van der Waals surface area contributed by atoms with Gasteiger partial charge in [-0.25, -0.2) is 4.98 Å². The van der Waals surface area contributed by atoms with Crippen LogP contribution in [0.5, 0.6) is 0 Å². The first kappa shape index (κ1) is 18.4. The lowest BCUT2D eigenvalue weighted by molar-refractivity contribution is 0.640. The quantitative estimate of drug-likeness (QED) is 0.473. The zero-order valence-electron chi connectivity index (χ0n) is 15.6. The molecule has 1 aliphatic heterocycles. The normalized spacial score (nSPS) is 14.5. The SMILES string of the molecule is O=c1[nH]c(N2CCN(c3ccccc3)CC2)nc2c(-c3ccc(Br)cc3)csc12. The van der Waals surface area contributed by atoms with Gasteiger partial charge in [-0.3, -0.25) is 9.78 Å². The summed E-state index contributed by atoms with van der Waals surface area (Å²) in [7, 11) is 0. The molecule has 1 saturated heterocycles. The highest BCUT2D eigenvalue weighted by atomic mass is 79.9. The molecular formula is C22H19BrN4OS. The second-order valence-electron chi connectivity index (χ2n) is 7.03. The van der Waals surface area contributed by atoms with Gasteiger partial charge in [-0.05, 0) is 29.8 Å². The number of halogens is 1. The number of hydrogen-bond donors (Lipinski definition) is 1. The van der Waals surface area contributed by atoms with Crippen molar-refractivity contribution in [2.75, 3.05) is 36.0 Å². The van der Waals surface area contributed by atoms with Crippen LogP contribution in [0.4, 0.5) is 11.6 Å². The van der Waals surface area contributed by atoms with Crippen LogP contribution in [0, 0.1) is 0 Å². The lowest BCUT2D eigenvalue weighted by Crippen LogP contribution is -2.47. The summed E-state index contributed by atoms with van der Waals surface area (Å²) in [6.07, 6.45) is 0.